The van der Waals surface area contributed by atoms with E-state index in [1.165, 1.54) is 12.1 Å². The molecule has 0 spiro atoms. The molecule has 0 bridgehead atoms. The number of aryl methyl sites for hydroxylation is 1. The van der Waals surface area contributed by atoms with Gasteiger partial charge >= 0.3 is 6.18 Å². The first-order valence-corrected chi connectivity index (χ1v) is 6.79. The third-order valence-electron chi connectivity index (χ3n) is 3.66. The highest BCUT2D eigenvalue weighted by Crippen LogP contribution is 2.30. The molecular weight excluding hydrogens is 281 g/mol. The molecule has 0 amide bonds. The van der Waals surface area contributed by atoms with Crippen LogP contribution >= 0.6 is 0 Å². The number of aromatic nitrogens is 3. The Hall–Kier alpha value is -2.05. The van der Waals surface area contributed by atoms with Gasteiger partial charge in [0.15, 0.2) is 0 Å². The zero-order valence-electron chi connectivity index (χ0n) is 11.3. The zero-order valence-corrected chi connectivity index (χ0v) is 11.3. The molecule has 4 nitrogen and oxygen atoms in total. The summed E-state index contributed by atoms with van der Waals surface area (Å²) in [5.74, 6) is 1.08. The molecule has 7 heteroatoms. The van der Waals surface area contributed by atoms with Crippen molar-refractivity contribution in [2.75, 3.05) is 5.73 Å². The molecule has 1 aromatic heterocycles. The molecule has 1 atom stereocenters. The zero-order chi connectivity index (χ0) is 15.0. The van der Waals surface area contributed by atoms with Crippen molar-refractivity contribution in [2.24, 2.45) is 0 Å². The normalized spacial score (nSPS) is 18.5. The quantitative estimate of drug-likeness (QED) is 0.927. The van der Waals surface area contributed by atoms with Gasteiger partial charge in [0.2, 0.25) is 5.95 Å². The molecule has 21 heavy (non-hydrogen) atoms. The fourth-order valence-electron chi connectivity index (χ4n) is 2.77. The molecule has 1 aromatic carbocycles. The lowest BCUT2D eigenvalue weighted by Crippen LogP contribution is -2.20. The number of fused-ring (bicyclic) bond motifs is 1. The highest BCUT2D eigenvalue weighted by molar-refractivity contribution is 5.28. The van der Waals surface area contributed by atoms with Crippen LogP contribution < -0.4 is 5.73 Å². The molecule has 2 N–H and O–H groups in total. The Morgan fingerprint density at radius 2 is 1.95 bits per heavy atom. The van der Waals surface area contributed by atoms with Crippen molar-refractivity contribution in [1.82, 2.24) is 14.8 Å². The smallest absolute Gasteiger partial charge is 0.366 e. The summed E-state index contributed by atoms with van der Waals surface area (Å²) in [6.07, 6.45) is -2.41. The predicted molar refractivity (Wildman–Crippen MR) is 71.7 cm³/mol. The molecule has 112 valence electrons. The van der Waals surface area contributed by atoms with E-state index in [2.05, 4.69) is 10.1 Å². The van der Waals surface area contributed by atoms with Gasteiger partial charge in [-0.05, 0) is 24.0 Å². The van der Waals surface area contributed by atoms with Crippen molar-refractivity contribution in [2.45, 2.75) is 37.9 Å². The van der Waals surface area contributed by atoms with Crippen LogP contribution in [0.1, 0.15) is 35.8 Å². The average Bonchev–Trinajstić information content (AvgIpc) is 2.78. The van der Waals surface area contributed by atoms with Gasteiger partial charge in [-0.3, -0.25) is 0 Å². The summed E-state index contributed by atoms with van der Waals surface area (Å²) in [7, 11) is 0. The summed E-state index contributed by atoms with van der Waals surface area (Å²) >= 11 is 0. The summed E-state index contributed by atoms with van der Waals surface area (Å²) in [6, 6.07) is 6.52. The highest BCUT2D eigenvalue weighted by Gasteiger charge is 2.28. The summed E-state index contributed by atoms with van der Waals surface area (Å²) < 4.78 is 38.9. The summed E-state index contributed by atoms with van der Waals surface area (Å²) in [6.45, 7) is 0. The fourth-order valence-corrected chi connectivity index (χ4v) is 2.77. The summed E-state index contributed by atoms with van der Waals surface area (Å²) in [4.78, 5) is 4.17. The van der Waals surface area contributed by atoms with E-state index >= 15 is 0 Å². The standard InChI is InChI=1S/C14H15F3N4/c15-14(16,17)8-9-4-6-10(7-5-9)11-2-1-3-12-19-13(18)20-21(11)12/h4-7,11H,1-3,8H2,(H2,18,20). The van der Waals surface area contributed by atoms with Gasteiger partial charge in [-0.1, -0.05) is 24.3 Å². The number of halogens is 3. The van der Waals surface area contributed by atoms with Crippen LogP contribution in [0.2, 0.25) is 0 Å². The molecular formula is C14H15F3N4. The molecule has 0 fully saturated rings. The first-order chi connectivity index (χ1) is 9.92. The van der Waals surface area contributed by atoms with E-state index in [1.807, 2.05) is 0 Å². The maximum Gasteiger partial charge on any atom is 0.393 e. The van der Waals surface area contributed by atoms with Crippen molar-refractivity contribution < 1.29 is 13.2 Å². The van der Waals surface area contributed by atoms with Gasteiger partial charge in [0.1, 0.15) is 5.82 Å². The Kier molecular flexibility index (Phi) is 3.35. The van der Waals surface area contributed by atoms with Crippen LogP contribution in [0.15, 0.2) is 24.3 Å². The molecule has 2 aromatic rings. The van der Waals surface area contributed by atoms with Crippen LogP contribution in [0.25, 0.3) is 0 Å². The monoisotopic (exact) mass is 296 g/mol. The van der Waals surface area contributed by atoms with Gasteiger partial charge in [-0.15, -0.1) is 5.10 Å². The number of rotatable bonds is 2. The van der Waals surface area contributed by atoms with Crippen LogP contribution in [-0.2, 0) is 12.8 Å². The van der Waals surface area contributed by atoms with Gasteiger partial charge in [-0.25, -0.2) is 4.68 Å². The second-order valence-electron chi connectivity index (χ2n) is 5.27. The van der Waals surface area contributed by atoms with Crippen molar-refractivity contribution >= 4 is 5.95 Å². The van der Waals surface area contributed by atoms with Gasteiger partial charge < -0.3 is 5.73 Å². The maximum absolute atomic E-state index is 12.4. The second-order valence-corrected chi connectivity index (χ2v) is 5.27. The lowest BCUT2D eigenvalue weighted by Gasteiger charge is -2.23. The van der Waals surface area contributed by atoms with E-state index in [-0.39, 0.29) is 17.6 Å². The number of hydrogen-bond donors (Lipinski definition) is 1. The van der Waals surface area contributed by atoms with Crippen molar-refractivity contribution in [3.05, 3.63) is 41.2 Å². The number of anilines is 1. The second kappa shape index (κ2) is 5.05. The molecule has 1 unspecified atom stereocenters. The largest absolute Gasteiger partial charge is 0.393 e. The lowest BCUT2D eigenvalue weighted by molar-refractivity contribution is -0.127. The molecule has 0 saturated heterocycles. The minimum absolute atomic E-state index is 0.00140. The molecule has 0 saturated carbocycles. The highest BCUT2D eigenvalue weighted by atomic mass is 19.4. The third-order valence-corrected chi connectivity index (χ3v) is 3.66. The number of nitrogen functional groups attached to an aromatic ring is 1. The molecule has 0 radical (unpaired) electrons. The number of alkyl halides is 3. The van der Waals surface area contributed by atoms with Gasteiger partial charge in [0.25, 0.3) is 0 Å². The average molecular weight is 296 g/mol. The predicted octanol–water partition coefficient (Wildman–Crippen LogP) is 2.89. The van der Waals surface area contributed by atoms with Crippen molar-refractivity contribution in [3.63, 3.8) is 0 Å². The van der Waals surface area contributed by atoms with E-state index in [9.17, 15) is 13.2 Å². The van der Waals surface area contributed by atoms with E-state index < -0.39 is 12.6 Å². The van der Waals surface area contributed by atoms with E-state index in [0.717, 1.165) is 30.7 Å². The number of hydrogen-bond acceptors (Lipinski definition) is 3. The number of nitrogens with zero attached hydrogens (tertiary/aromatic N) is 3. The Balaban J connectivity index is 1.85. The lowest BCUT2D eigenvalue weighted by atomic mass is 9.96. The Morgan fingerprint density at radius 3 is 2.62 bits per heavy atom. The van der Waals surface area contributed by atoms with Crippen LogP contribution in [0.4, 0.5) is 19.1 Å². The SMILES string of the molecule is Nc1nc2n(n1)C(c1ccc(CC(F)(F)F)cc1)CCC2. The third kappa shape index (κ3) is 3.01. The Bertz CT molecular complexity index is 631. The van der Waals surface area contributed by atoms with Crippen LogP contribution in [-0.4, -0.2) is 20.9 Å². The maximum atomic E-state index is 12.4. The number of nitrogens with two attached hydrogens (primary N) is 1. The molecule has 1 aliphatic rings. The molecule has 2 heterocycles. The molecule has 1 aliphatic heterocycles. The fraction of sp³-hybridized carbons (Fsp3) is 0.429. The van der Waals surface area contributed by atoms with Crippen LogP contribution in [0.5, 0.6) is 0 Å². The van der Waals surface area contributed by atoms with Crippen LogP contribution in [0, 0.1) is 0 Å². The number of benzene rings is 1. The minimum Gasteiger partial charge on any atom is -0.366 e. The van der Waals surface area contributed by atoms with Crippen molar-refractivity contribution in [1.29, 1.82) is 0 Å². The van der Waals surface area contributed by atoms with E-state index in [1.54, 1.807) is 16.8 Å². The van der Waals surface area contributed by atoms with E-state index in [4.69, 9.17) is 5.73 Å². The topological polar surface area (TPSA) is 56.7 Å². The first-order valence-electron chi connectivity index (χ1n) is 6.79. The molecule has 3 rings (SSSR count). The minimum atomic E-state index is -4.18. The van der Waals surface area contributed by atoms with Gasteiger partial charge in [0.05, 0.1) is 12.5 Å². The van der Waals surface area contributed by atoms with Gasteiger partial charge in [0, 0.05) is 6.42 Å². The Morgan fingerprint density at radius 1 is 1.24 bits per heavy atom. The summed E-state index contributed by atoms with van der Waals surface area (Å²) in [5.41, 5.74) is 6.83. The molecule has 0 aliphatic carbocycles. The van der Waals surface area contributed by atoms with Crippen molar-refractivity contribution in [3.8, 4) is 0 Å². The first kappa shape index (κ1) is 13.9. The van der Waals surface area contributed by atoms with E-state index in [0.29, 0.717) is 0 Å². The van der Waals surface area contributed by atoms with Crippen LogP contribution in [0.3, 0.4) is 0 Å². The van der Waals surface area contributed by atoms with Gasteiger partial charge in [-0.2, -0.15) is 18.2 Å². The Labute approximate surface area is 119 Å². The summed E-state index contributed by atoms with van der Waals surface area (Å²) in [5, 5.41) is 4.19.